The van der Waals surface area contributed by atoms with E-state index in [0.29, 0.717) is 11.7 Å². The van der Waals surface area contributed by atoms with Crippen LogP contribution in [0.5, 0.6) is 0 Å². The molecule has 1 aromatic carbocycles. The molecule has 0 atom stereocenters. The minimum Gasteiger partial charge on any atom is -0.349 e. The number of nitrogens with one attached hydrogen (secondary N) is 1. The van der Waals surface area contributed by atoms with Crippen molar-refractivity contribution >= 4 is 17.7 Å². The van der Waals surface area contributed by atoms with Gasteiger partial charge in [-0.25, -0.2) is 0 Å². The Kier molecular flexibility index (Phi) is 4.80. The Bertz CT molecular complexity index is 733. The van der Waals surface area contributed by atoms with E-state index in [1.807, 2.05) is 43.5 Å². The van der Waals surface area contributed by atoms with Crippen LogP contribution in [0.25, 0.3) is 6.08 Å². The minimum atomic E-state index is -0.399. The van der Waals surface area contributed by atoms with Gasteiger partial charge in [0.2, 0.25) is 0 Å². The molecule has 4 heteroatoms. The molecule has 2 aromatic rings. The summed E-state index contributed by atoms with van der Waals surface area (Å²) in [6.45, 7) is 6.19. The first-order valence-corrected chi connectivity index (χ1v) is 7.18. The molecule has 0 radical (unpaired) electrons. The molecule has 112 valence electrons. The SMILES string of the molecule is Cc1cc(/C=C(\C#N)C(=O)Nc2ccccc2)cn1C(C)C. The number of amides is 1. The number of para-hydroxylation sites is 1. The number of nitriles is 1. The van der Waals surface area contributed by atoms with Crippen LogP contribution in [0.15, 0.2) is 48.2 Å². The molecule has 4 nitrogen and oxygen atoms in total. The molecular weight excluding hydrogens is 274 g/mol. The fourth-order valence-corrected chi connectivity index (χ4v) is 2.29. The van der Waals surface area contributed by atoms with Gasteiger partial charge in [-0.1, -0.05) is 18.2 Å². The number of anilines is 1. The Balaban J connectivity index is 2.22. The van der Waals surface area contributed by atoms with Crippen molar-refractivity contribution in [1.82, 2.24) is 4.57 Å². The standard InChI is InChI=1S/C18H19N3O/c1-13(2)21-12-15(9-14(21)3)10-16(11-19)18(22)20-17-7-5-4-6-8-17/h4-10,12-13H,1-3H3,(H,20,22)/b16-10+. The molecule has 0 spiro atoms. The van der Waals surface area contributed by atoms with Gasteiger partial charge in [0.25, 0.3) is 5.91 Å². The van der Waals surface area contributed by atoms with Crippen LogP contribution in [0.3, 0.4) is 0 Å². The van der Waals surface area contributed by atoms with E-state index >= 15 is 0 Å². The molecular formula is C18H19N3O. The fraction of sp³-hybridized carbons (Fsp3) is 0.222. The molecule has 2 rings (SSSR count). The van der Waals surface area contributed by atoms with Gasteiger partial charge in [-0.2, -0.15) is 5.26 Å². The second-order valence-electron chi connectivity index (χ2n) is 5.41. The number of hydrogen-bond donors (Lipinski definition) is 1. The zero-order valence-corrected chi connectivity index (χ0v) is 13.0. The molecule has 0 saturated heterocycles. The summed E-state index contributed by atoms with van der Waals surface area (Å²) >= 11 is 0. The Morgan fingerprint density at radius 2 is 2.00 bits per heavy atom. The maximum absolute atomic E-state index is 12.2. The van der Waals surface area contributed by atoms with Crippen LogP contribution >= 0.6 is 0 Å². The topological polar surface area (TPSA) is 57.8 Å². The summed E-state index contributed by atoms with van der Waals surface area (Å²) < 4.78 is 2.11. The van der Waals surface area contributed by atoms with E-state index in [4.69, 9.17) is 0 Å². The van der Waals surface area contributed by atoms with Crippen molar-refractivity contribution in [2.45, 2.75) is 26.8 Å². The Morgan fingerprint density at radius 3 is 2.55 bits per heavy atom. The van der Waals surface area contributed by atoms with Gasteiger partial charge in [-0.3, -0.25) is 4.79 Å². The highest BCUT2D eigenvalue weighted by Crippen LogP contribution is 2.17. The molecule has 0 bridgehead atoms. The lowest BCUT2D eigenvalue weighted by molar-refractivity contribution is -0.112. The average Bonchev–Trinajstić information content (AvgIpc) is 2.86. The first-order valence-electron chi connectivity index (χ1n) is 7.18. The van der Waals surface area contributed by atoms with Crippen LogP contribution in [0.2, 0.25) is 0 Å². The highest BCUT2D eigenvalue weighted by molar-refractivity contribution is 6.09. The fourth-order valence-electron chi connectivity index (χ4n) is 2.29. The Labute approximate surface area is 130 Å². The predicted molar refractivity (Wildman–Crippen MR) is 88.2 cm³/mol. The third-order valence-electron chi connectivity index (χ3n) is 3.34. The molecule has 0 fully saturated rings. The molecule has 0 aliphatic carbocycles. The number of benzene rings is 1. The number of rotatable bonds is 4. The minimum absolute atomic E-state index is 0.0877. The second kappa shape index (κ2) is 6.77. The van der Waals surface area contributed by atoms with Crippen molar-refractivity contribution < 1.29 is 4.79 Å². The van der Waals surface area contributed by atoms with Crippen molar-refractivity contribution in [3.63, 3.8) is 0 Å². The van der Waals surface area contributed by atoms with E-state index in [1.54, 1.807) is 18.2 Å². The number of hydrogen-bond acceptors (Lipinski definition) is 2. The summed E-state index contributed by atoms with van der Waals surface area (Å²) in [5.41, 5.74) is 2.71. The lowest BCUT2D eigenvalue weighted by atomic mass is 10.2. The van der Waals surface area contributed by atoms with E-state index in [2.05, 4.69) is 23.7 Å². The third-order valence-corrected chi connectivity index (χ3v) is 3.34. The van der Waals surface area contributed by atoms with Gasteiger partial charge in [0.1, 0.15) is 11.6 Å². The van der Waals surface area contributed by atoms with Crippen LogP contribution < -0.4 is 5.32 Å². The molecule has 0 unspecified atom stereocenters. The number of aromatic nitrogens is 1. The van der Waals surface area contributed by atoms with E-state index in [-0.39, 0.29) is 5.57 Å². The van der Waals surface area contributed by atoms with Crippen LogP contribution in [0.4, 0.5) is 5.69 Å². The predicted octanol–water partition coefficient (Wildman–Crippen LogP) is 3.92. The van der Waals surface area contributed by atoms with Gasteiger partial charge in [0, 0.05) is 23.6 Å². The van der Waals surface area contributed by atoms with Crippen LogP contribution in [-0.2, 0) is 4.79 Å². The van der Waals surface area contributed by atoms with Crippen molar-refractivity contribution in [2.24, 2.45) is 0 Å². The second-order valence-corrected chi connectivity index (χ2v) is 5.41. The maximum Gasteiger partial charge on any atom is 0.266 e. The van der Waals surface area contributed by atoms with Crippen molar-refractivity contribution in [1.29, 1.82) is 5.26 Å². The molecule has 0 aliphatic rings. The van der Waals surface area contributed by atoms with Crippen LogP contribution in [0.1, 0.15) is 31.1 Å². The van der Waals surface area contributed by atoms with Crippen LogP contribution in [0, 0.1) is 18.3 Å². The van der Waals surface area contributed by atoms with E-state index in [0.717, 1.165) is 11.3 Å². The Morgan fingerprint density at radius 1 is 1.32 bits per heavy atom. The van der Waals surface area contributed by atoms with Crippen molar-refractivity contribution in [2.75, 3.05) is 5.32 Å². The number of carbonyl (C=O) groups excluding carboxylic acids is 1. The van der Waals surface area contributed by atoms with Gasteiger partial charge in [-0.15, -0.1) is 0 Å². The number of aryl methyl sites for hydroxylation is 1. The molecule has 22 heavy (non-hydrogen) atoms. The van der Waals surface area contributed by atoms with Gasteiger partial charge in [-0.05, 0) is 50.6 Å². The van der Waals surface area contributed by atoms with E-state index < -0.39 is 5.91 Å². The van der Waals surface area contributed by atoms with Gasteiger partial charge < -0.3 is 9.88 Å². The van der Waals surface area contributed by atoms with Gasteiger partial charge >= 0.3 is 0 Å². The first kappa shape index (κ1) is 15.6. The van der Waals surface area contributed by atoms with Crippen molar-refractivity contribution in [3.05, 3.63) is 59.4 Å². The lowest BCUT2D eigenvalue weighted by Gasteiger charge is -2.08. The monoisotopic (exact) mass is 293 g/mol. The van der Waals surface area contributed by atoms with E-state index in [9.17, 15) is 10.1 Å². The molecule has 1 aromatic heterocycles. The highest BCUT2D eigenvalue weighted by atomic mass is 16.1. The third kappa shape index (κ3) is 3.64. The van der Waals surface area contributed by atoms with Crippen molar-refractivity contribution in [3.8, 4) is 6.07 Å². The molecule has 0 saturated carbocycles. The summed E-state index contributed by atoms with van der Waals surface area (Å²) in [6, 6.07) is 13.4. The summed E-state index contributed by atoms with van der Waals surface area (Å²) in [5.74, 6) is -0.399. The lowest BCUT2D eigenvalue weighted by Crippen LogP contribution is -2.13. The highest BCUT2D eigenvalue weighted by Gasteiger charge is 2.11. The van der Waals surface area contributed by atoms with Crippen LogP contribution in [-0.4, -0.2) is 10.5 Å². The van der Waals surface area contributed by atoms with Gasteiger partial charge in [0.15, 0.2) is 0 Å². The zero-order valence-electron chi connectivity index (χ0n) is 13.0. The number of carbonyl (C=O) groups is 1. The number of nitrogens with zero attached hydrogens (tertiary/aromatic N) is 2. The molecule has 1 N–H and O–H groups in total. The quantitative estimate of drug-likeness (QED) is 0.686. The molecule has 1 amide bonds. The Hall–Kier alpha value is -2.80. The summed E-state index contributed by atoms with van der Waals surface area (Å²) in [6.07, 6.45) is 3.57. The average molecular weight is 293 g/mol. The maximum atomic E-state index is 12.2. The zero-order chi connectivity index (χ0) is 16.1. The normalized spacial score (nSPS) is 11.3. The summed E-state index contributed by atoms with van der Waals surface area (Å²) in [4.78, 5) is 12.2. The molecule has 0 aliphatic heterocycles. The molecule has 1 heterocycles. The summed E-state index contributed by atoms with van der Waals surface area (Å²) in [5, 5.41) is 12.0. The largest absolute Gasteiger partial charge is 0.349 e. The van der Waals surface area contributed by atoms with E-state index in [1.165, 1.54) is 0 Å². The first-order chi connectivity index (χ1) is 10.5. The smallest absolute Gasteiger partial charge is 0.266 e. The summed E-state index contributed by atoms with van der Waals surface area (Å²) in [7, 11) is 0. The van der Waals surface area contributed by atoms with Gasteiger partial charge in [0.05, 0.1) is 0 Å².